The molecule has 2 rings (SSSR count). The largest absolute Gasteiger partial charge is 0.496 e. The van der Waals surface area contributed by atoms with E-state index in [2.05, 4.69) is 15.5 Å². The molecule has 1 aromatic carbocycles. The first kappa shape index (κ1) is 19.1. The predicted molar refractivity (Wildman–Crippen MR) is 100 cm³/mol. The maximum Gasteiger partial charge on any atom is 0.356 e. The Labute approximate surface area is 158 Å². The number of hydrazone groups is 1. The van der Waals surface area contributed by atoms with E-state index >= 15 is 0 Å². The lowest BCUT2D eigenvalue weighted by atomic mass is 10.2. The number of nitrogens with one attached hydrogen (secondary N) is 1. The lowest BCUT2D eigenvalue weighted by Crippen LogP contribution is -2.05. The number of carbonyl (C=O) groups is 1. The van der Waals surface area contributed by atoms with Crippen molar-refractivity contribution in [2.75, 3.05) is 12.5 Å². The molecule has 0 bridgehead atoms. The van der Waals surface area contributed by atoms with Crippen molar-refractivity contribution in [3.8, 4) is 5.75 Å². The number of nitrogens with zero attached hydrogens (tertiary/aromatic N) is 2. The minimum Gasteiger partial charge on any atom is -0.496 e. The first-order valence-electron chi connectivity index (χ1n) is 6.82. The Balaban J connectivity index is 2.17. The van der Waals surface area contributed by atoms with Crippen LogP contribution in [-0.4, -0.2) is 29.4 Å². The van der Waals surface area contributed by atoms with Crippen molar-refractivity contribution in [1.82, 2.24) is 4.98 Å². The van der Waals surface area contributed by atoms with E-state index in [-0.39, 0.29) is 20.9 Å². The number of halogens is 3. The van der Waals surface area contributed by atoms with Gasteiger partial charge in [0.1, 0.15) is 15.8 Å². The quantitative estimate of drug-likeness (QED) is 0.411. The third kappa shape index (κ3) is 4.63. The number of aromatic carboxylic acids is 1. The molecule has 2 aromatic rings. The molecule has 6 nitrogen and oxygen atoms in total. The molecule has 0 atom stereocenters. The SMILES string of the molecule is COc1ccccc1/C=C/C=N/Nc1c(Cl)c(Cl)nc(C(=O)O)c1Cl. The number of hydrogen-bond donors (Lipinski definition) is 2. The summed E-state index contributed by atoms with van der Waals surface area (Å²) in [5.41, 5.74) is 3.08. The standard InChI is InChI=1S/C16H12Cl3N3O3/c1-25-10-7-3-2-5-9(10)6-4-8-20-22-13-11(17)14(16(23)24)21-15(19)12(13)18/h2-8H,1H3,(H,21,22)(H,23,24)/b6-4+,20-8+. The summed E-state index contributed by atoms with van der Waals surface area (Å²) in [6.07, 6.45) is 4.89. The molecule has 0 radical (unpaired) electrons. The summed E-state index contributed by atoms with van der Waals surface area (Å²) >= 11 is 17.8. The summed E-state index contributed by atoms with van der Waals surface area (Å²) in [5, 5.41) is 12.6. The summed E-state index contributed by atoms with van der Waals surface area (Å²) in [4.78, 5) is 14.7. The van der Waals surface area contributed by atoms with Crippen LogP contribution in [0.5, 0.6) is 5.75 Å². The Morgan fingerprint density at radius 1 is 1.28 bits per heavy atom. The zero-order chi connectivity index (χ0) is 18.4. The first-order valence-corrected chi connectivity index (χ1v) is 7.95. The van der Waals surface area contributed by atoms with Crippen molar-refractivity contribution < 1.29 is 14.6 Å². The molecule has 0 unspecified atom stereocenters. The predicted octanol–water partition coefficient (Wildman–Crippen LogP) is 4.86. The van der Waals surface area contributed by atoms with Gasteiger partial charge in [0.2, 0.25) is 0 Å². The molecule has 1 aromatic heterocycles. The summed E-state index contributed by atoms with van der Waals surface area (Å²) in [6.45, 7) is 0. The van der Waals surface area contributed by atoms with Gasteiger partial charge in [-0.1, -0.05) is 53.0 Å². The van der Waals surface area contributed by atoms with Gasteiger partial charge in [-0.15, -0.1) is 0 Å². The van der Waals surface area contributed by atoms with E-state index in [1.54, 1.807) is 19.3 Å². The first-order chi connectivity index (χ1) is 12.0. The average molecular weight is 401 g/mol. The minimum atomic E-state index is -1.33. The molecular formula is C16H12Cl3N3O3. The molecular weight excluding hydrogens is 389 g/mol. The maximum absolute atomic E-state index is 11.1. The van der Waals surface area contributed by atoms with E-state index in [1.165, 1.54) is 6.21 Å². The highest BCUT2D eigenvalue weighted by atomic mass is 35.5. The Morgan fingerprint density at radius 3 is 2.68 bits per heavy atom. The highest BCUT2D eigenvalue weighted by Gasteiger charge is 2.20. The molecule has 0 spiro atoms. The Hall–Kier alpha value is -2.28. The number of benzene rings is 1. The van der Waals surface area contributed by atoms with Gasteiger partial charge in [0.25, 0.3) is 0 Å². The van der Waals surface area contributed by atoms with Crippen molar-refractivity contribution in [2.24, 2.45) is 5.10 Å². The monoisotopic (exact) mass is 399 g/mol. The van der Waals surface area contributed by atoms with Crippen molar-refractivity contribution in [1.29, 1.82) is 0 Å². The van der Waals surface area contributed by atoms with Gasteiger partial charge in [0, 0.05) is 11.8 Å². The number of pyridine rings is 1. The molecule has 1 heterocycles. The zero-order valence-electron chi connectivity index (χ0n) is 12.8. The molecule has 0 amide bonds. The number of ether oxygens (including phenoxy) is 1. The van der Waals surface area contributed by atoms with Gasteiger partial charge in [-0.2, -0.15) is 5.10 Å². The maximum atomic E-state index is 11.1. The molecule has 9 heteroatoms. The van der Waals surface area contributed by atoms with Gasteiger partial charge in [0.15, 0.2) is 10.8 Å². The number of hydrogen-bond acceptors (Lipinski definition) is 5. The van der Waals surface area contributed by atoms with Gasteiger partial charge in [-0.25, -0.2) is 9.78 Å². The van der Waals surface area contributed by atoms with Gasteiger partial charge >= 0.3 is 5.97 Å². The molecule has 0 saturated heterocycles. The summed E-state index contributed by atoms with van der Waals surface area (Å²) in [7, 11) is 1.58. The molecule has 0 aliphatic rings. The number of methoxy groups -OCH3 is 1. The smallest absolute Gasteiger partial charge is 0.356 e. The van der Waals surface area contributed by atoms with E-state index in [0.717, 1.165) is 11.3 Å². The van der Waals surface area contributed by atoms with E-state index in [9.17, 15) is 4.79 Å². The van der Waals surface area contributed by atoms with Gasteiger partial charge < -0.3 is 9.84 Å². The Morgan fingerprint density at radius 2 is 2.00 bits per heavy atom. The van der Waals surface area contributed by atoms with Crippen molar-refractivity contribution in [3.05, 3.63) is 56.8 Å². The topological polar surface area (TPSA) is 83.8 Å². The van der Waals surface area contributed by atoms with Crippen molar-refractivity contribution in [3.63, 3.8) is 0 Å². The number of rotatable bonds is 6. The number of carboxylic acid groups (broad SMARTS) is 1. The van der Waals surface area contributed by atoms with Crippen LogP contribution in [0.15, 0.2) is 35.4 Å². The Bertz CT molecular complexity index is 854. The number of allylic oxidation sites excluding steroid dienone is 1. The lowest BCUT2D eigenvalue weighted by molar-refractivity contribution is 0.0691. The van der Waals surface area contributed by atoms with Crippen LogP contribution >= 0.6 is 34.8 Å². The van der Waals surface area contributed by atoms with Crippen LogP contribution < -0.4 is 10.2 Å². The molecule has 0 aliphatic carbocycles. The highest BCUT2D eigenvalue weighted by Crippen LogP contribution is 2.36. The van der Waals surface area contributed by atoms with E-state index in [0.29, 0.717) is 0 Å². The van der Waals surface area contributed by atoms with Crippen LogP contribution in [0.1, 0.15) is 16.1 Å². The Kier molecular flexibility index (Phi) is 6.64. The van der Waals surface area contributed by atoms with Crippen LogP contribution in [0.3, 0.4) is 0 Å². The number of carboxylic acids is 1. The van der Waals surface area contributed by atoms with Gasteiger partial charge in [-0.3, -0.25) is 5.43 Å². The fourth-order valence-corrected chi connectivity index (χ4v) is 2.52. The van der Waals surface area contributed by atoms with Crippen LogP contribution in [0.25, 0.3) is 6.08 Å². The van der Waals surface area contributed by atoms with E-state index < -0.39 is 11.7 Å². The fraction of sp³-hybridized carbons (Fsp3) is 0.0625. The second-order valence-corrected chi connectivity index (χ2v) is 5.66. The van der Waals surface area contributed by atoms with Crippen LogP contribution in [0.4, 0.5) is 5.69 Å². The van der Waals surface area contributed by atoms with E-state index in [1.807, 2.05) is 24.3 Å². The summed E-state index contributed by atoms with van der Waals surface area (Å²) < 4.78 is 5.23. The second kappa shape index (κ2) is 8.71. The third-order valence-corrected chi connectivity index (χ3v) is 4.10. The average Bonchev–Trinajstić information content (AvgIpc) is 2.60. The van der Waals surface area contributed by atoms with Crippen LogP contribution in [0.2, 0.25) is 15.2 Å². The third-order valence-electron chi connectivity index (χ3n) is 2.99. The van der Waals surface area contributed by atoms with Crippen molar-refractivity contribution in [2.45, 2.75) is 0 Å². The van der Waals surface area contributed by atoms with Gasteiger partial charge in [-0.05, 0) is 18.2 Å². The highest BCUT2D eigenvalue weighted by molar-refractivity contribution is 6.46. The molecule has 0 aliphatic heterocycles. The second-order valence-electron chi connectivity index (χ2n) is 4.55. The number of aromatic nitrogens is 1. The fourth-order valence-electron chi connectivity index (χ4n) is 1.85. The molecule has 0 fully saturated rings. The molecule has 130 valence electrons. The van der Waals surface area contributed by atoms with Gasteiger partial charge in [0.05, 0.1) is 12.8 Å². The number of para-hydroxylation sites is 1. The van der Waals surface area contributed by atoms with Crippen molar-refractivity contribution >= 4 is 58.8 Å². The lowest BCUT2D eigenvalue weighted by Gasteiger charge is -2.09. The van der Waals surface area contributed by atoms with E-state index in [4.69, 9.17) is 44.6 Å². The normalized spacial score (nSPS) is 11.2. The zero-order valence-corrected chi connectivity index (χ0v) is 15.1. The summed E-state index contributed by atoms with van der Waals surface area (Å²) in [5.74, 6) is -0.607. The number of anilines is 1. The van der Waals surface area contributed by atoms with Crippen LogP contribution in [0, 0.1) is 0 Å². The molecule has 25 heavy (non-hydrogen) atoms. The molecule has 2 N–H and O–H groups in total. The summed E-state index contributed by atoms with van der Waals surface area (Å²) in [6, 6.07) is 7.46. The van der Waals surface area contributed by atoms with Crippen LogP contribution in [-0.2, 0) is 0 Å². The minimum absolute atomic E-state index is 0.0254. The molecule has 0 saturated carbocycles.